The molecule has 1 aliphatic carbocycles. The van der Waals surface area contributed by atoms with E-state index in [1.807, 2.05) is 6.92 Å². The Morgan fingerprint density at radius 2 is 2.08 bits per heavy atom. The number of aliphatic hydroxyl groups is 1. The molecule has 0 aromatic heterocycles. The van der Waals surface area contributed by atoms with E-state index in [0.717, 1.165) is 12.3 Å². The van der Waals surface area contributed by atoms with E-state index in [1.165, 1.54) is 12.8 Å². The molecule has 0 radical (unpaired) electrons. The summed E-state index contributed by atoms with van der Waals surface area (Å²) in [6, 6.07) is 0. The quantitative estimate of drug-likeness (QED) is 0.686. The summed E-state index contributed by atoms with van der Waals surface area (Å²) in [5.41, 5.74) is 0. The van der Waals surface area contributed by atoms with E-state index in [1.54, 1.807) is 0 Å². The van der Waals surface area contributed by atoms with Crippen LogP contribution in [0.25, 0.3) is 0 Å². The van der Waals surface area contributed by atoms with Crippen LogP contribution in [0.2, 0.25) is 0 Å². The molecule has 2 heteroatoms. The first-order valence-electron chi connectivity index (χ1n) is 5.44. The van der Waals surface area contributed by atoms with Crippen molar-refractivity contribution in [2.24, 2.45) is 17.8 Å². The van der Waals surface area contributed by atoms with Crippen molar-refractivity contribution in [2.75, 3.05) is 6.61 Å². The maximum Gasteiger partial charge on any atom is 0.157 e. The minimum absolute atomic E-state index is 0.358. The van der Waals surface area contributed by atoms with Crippen LogP contribution in [0.15, 0.2) is 0 Å². The molecule has 0 aromatic rings. The van der Waals surface area contributed by atoms with E-state index < -0.39 is 6.29 Å². The molecule has 0 aliphatic heterocycles. The molecule has 13 heavy (non-hydrogen) atoms. The van der Waals surface area contributed by atoms with Gasteiger partial charge in [0.15, 0.2) is 6.29 Å². The third-order valence-electron chi connectivity index (χ3n) is 3.20. The smallest absolute Gasteiger partial charge is 0.157 e. The van der Waals surface area contributed by atoms with Gasteiger partial charge >= 0.3 is 0 Å². The standard InChI is InChI=1S/C11H22O2/c1-4-13-11(12)10-6-5-8(2)7-9(10)3/h8-12H,4-7H2,1-3H3/t8?,9-,10?,11?/m0/s1. The zero-order valence-electron chi connectivity index (χ0n) is 8.99. The Labute approximate surface area is 81.3 Å². The predicted molar refractivity (Wildman–Crippen MR) is 53.3 cm³/mol. The van der Waals surface area contributed by atoms with Crippen molar-refractivity contribution >= 4 is 0 Å². The van der Waals surface area contributed by atoms with Gasteiger partial charge in [-0.15, -0.1) is 0 Å². The molecule has 4 atom stereocenters. The van der Waals surface area contributed by atoms with Crippen LogP contribution in [0.4, 0.5) is 0 Å². The highest BCUT2D eigenvalue weighted by atomic mass is 16.6. The predicted octanol–water partition coefficient (Wildman–Crippen LogP) is 2.41. The zero-order valence-corrected chi connectivity index (χ0v) is 8.99. The van der Waals surface area contributed by atoms with Crippen LogP contribution in [0.5, 0.6) is 0 Å². The molecule has 0 bridgehead atoms. The van der Waals surface area contributed by atoms with Crippen LogP contribution in [0.1, 0.15) is 40.0 Å². The fourth-order valence-corrected chi connectivity index (χ4v) is 2.41. The fraction of sp³-hybridized carbons (Fsp3) is 1.00. The molecule has 0 amide bonds. The third-order valence-corrected chi connectivity index (χ3v) is 3.20. The summed E-state index contributed by atoms with van der Waals surface area (Å²) in [7, 11) is 0. The third kappa shape index (κ3) is 2.96. The summed E-state index contributed by atoms with van der Waals surface area (Å²) in [4.78, 5) is 0. The van der Waals surface area contributed by atoms with Gasteiger partial charge in [-0.3, -0.25) is 0 Å². The summed E-state index contributed by atoms with van der Waals surface area (Å²) >= 11 is 0. The van der Waals surface area contributed by atoms with Gasteiger partial charge in [0.1, 0.15) is 0 Å². The Hall–Kier alpha value is -0.0800. The minimum Gasteiger partial charge on any atom is -0.368 e. The van der Waals surface area contributed by atoms with Crippen molar-refractivity contribution in [3.8, 4) is 0 Å². The van der Waals surface area contributed by atoms with Crippen LogP contribution < -0.4 is 0 Å². The first kappa shape index (κ1) is 11.0. The van der Waals surface area contributed by atoms with Crippen molar-refractivity contribution < 1.29 is 9.84 Å². The number of hydrogen-bond donors (Lipinski definition) is 1. The van der Waals surface area contributed by atoms with Gasteiger partial charge in [0.25, 0.3) is 0 Å². The fourth-order valence-electron chi connectivity index (χ4n) is 2.41. The first-order valence-corrected chi connectivity index (χ1v) is 5.44. The summed E-state index contributed by atoms with van der Waals surface area (Å²) in [5, 5.41) is 9.71. The lowest BCUT2D eigenvalue weighted by Gasteiger charge is -2.35. The average Bonchev–Trinajstić information content (AvgIpc) is 2.04. The monoisotopic (exact) mass is 186 g/mol. The summed E-state index contributed by atoms with van der Waals surface area (Å²) in [6.07, 6.45) is 3.05. The summed E-state index contributed by atoms with van der Waals surface area (Å²) in [6.45, 7) is 7.06. The topological polar surface area (TPSA) is 29.5 Å². The van der Waals surface area contributed by atoms with Crippen molar-refractivity contribution in [3.63, 3.8) is 0 Å². The van der Waals surface area contributed by atoms with E-state index in [9.17, 15) is 5.11 Å². The molecule has 0 saturated heterocycles. The molecule has 0 aromatic carbocycles. The molecule has 2 nitrogen and oxygen atoms in total. The minimum atomic E-state index is -0.535. The molecular formula is C11H22O2. The van der Waals surface area contributed by atoms with Crippen LogP contribution in [-0.4, -0.2) is 18.0 Å². The van der Waals surface area contributed by atoms with Gasteiger partial charge in [0.05, 0.1) is 0 Å². The molecule has 3 unspecified atom stereocenters. The van der Waals surface area contributed by atoms with Crippen LogP contribution in [0, 0.1) is 17.8 Å². The second kappa shape index (κ2) is 4.97. The van der Waals surface area contributed by atoms with Crippen molar-refractivity contribution in [1.82, 2.24) is 0 Å². The Bertz CT molecular complexity index is 143. The molecule has 0 spiro atoms. The molecule has 1 saturated carbocycles. The number of ether oxygens (including phenoxy) is 1. The van der Waals surface area contributed by atoms with Crippen LogP contribution in [-0.2, 0) is 4.74 Å². The molecular weight excluding hydrogens is 164 g/mol. The van der Waals surface area contributed by atoms with E-state index >= 15 is 0 Å². The summed E-state index contributed by atoms with van der Waals surface area (Å²) in [5.74, 6) is 1.78. The van der Waals surface area contributed by atoms with Crippen molar-refractivity contribution in [2.45, 2.75) is 46.3 Å². The number of aliphatic hydroxyl groups excluding tert-OH is 1. The molecule has 1 rings (SSSR count). The molecule has 1 N–H and O–H groups in total. The van der Waals surface area contributed by atoms with Crippen LogP contribution >= 0.6 is 0 Å². The van der Waals surface area contributed by atoms with E-state index in [-0.39, 0.29) is 0 Å². The van der Waals surface area contributed by atoms with Gasteiger partial charge in [-0.2, -0.15) is 0 Å². The number of hydrogen-bond acceptors (Lipinski definition) is 2. The zero-order chi connectivity index (χ0) is 9.84. The Morgan fingerprint density at radius 3 is 2.62 bits per heavy atom. The Morgan fingerprint density at radius 1 is 1.38 bits per heavy atom. The van der Waals surface area contributed by atoms with Gasteiger partial charge < -0.3 is 9.84 Å². The Balaban J connectivity index is 2.40. The number of rotatable bonds is 3. The Kier molecular flexibility index (Phi) is 4.20. The van der Waals surface area contributed by atoms with E-state index in [0.29, 0.717) is 18.4 Å². The lowest BCUT2D eigenvalue weighted by atomic mass is 9.75. The summed E-state index contributed by atoms with van der Waals surface area (Å²) < 4.78 is 5.24. The molecule has 0 heterocycles. The molecule has 1 aliphatic rings. The second-order valence-electron chi connectivity index (χ2n) is 4.41. The van der Waals surface area contributed by atoms with Crippen molar-refractivity contribution in [1.29, 1.82) is 0 Å². The first-order chi connectivity index (χ1) is 6.15. The van der Waals surface area contributed by atoms with E-state index in [2.05, 4.69) is 13.8 Å². The molecule has 78 valence electrons. The second-order valence-corrected chi connectivity index (χ2v) is 4.41. The van der Waals surface area contributed by atoms with E-state index in [4.69, 9.17) is 4.74 Å². The van der Waals surface area contributed by atoms with Gasteiger partial charge in [-0.1, -0.05) is 20.3 Å². The highest BCUT2D eigenvalue weighted by molar-refractivity contribution is 4.77. The maximum atomic E-state index is 9.71. The lowest BCUT2D eigenvalue weighted by molar-refractivity contribution is -0.150. The molecule has 1 fully saturated rings. The average molecular weight is 186 g/mol. The maximum absolute atomic E-state index is 9.71. The highest BCUT2D eigenvalue weighted by Gasteiger charge is 2.30. The van der Waals surface area contributed by atoms with Gasteiger partial charge in [0, 0.05) is 12.5 Å². The van der Waals surface area contributed by atoms with Gasteiger partial charge in [-0.25, -0.2) is 0 Å². The van der Waals surface area contributed by atoms with Crippen LogP contribution in [0.3, 0.4) is 0 Å². The lowest BCUT2D eigenvalue weighted by Crippen LogP contribution is -2.33. The highest BCUT2D eigenvalue weighted by Crippen LogP contribution is 2.35. The van der Waals surface area contributed by atoms with Crippen molar-refractivity contribution in [3.05, 3.63) is 0 Å². The SMILES string of the molecule is CCOC(O)C1CCC(C)C[C@@H]1C. The van der Waals surface area contributed by atoms with Gasteiger partial charge in [-0.05, 0) is 31.6 Å². The largest absolute Gasteiger partial charge is 0.368 e. The normalized spacial score (nSPS) is 37.4. The van der Waals surface area contributed by atoms with Gasteiger partial charge in [0.2, 0.25) is 0 Å².